The number of oxime groups is 1. The van der Waals surface area contributed by atoms with Crippen LogP contribution in [-0.2, 0) is 20.4 Å². The summed E-state index contributed by atoms with van der Waals surface area (Å²) < 4.78 is 29.7. The van der Waals surface area contributed by atoms with Crippen LogP contribution in [0.2, 0.25) is 0 Å². The Balaban J connectivity index is 2.24. The normalized spacial score (nSPS) is 18.5. The molecule has 1 aromatic rings. The van der Waals surface area contributed by atoms with Gasteiger partial charge in [0.15, 0.2) is 10.8 Å². The maximum Gasteiger partial charge on any atom is 0.202 e. The molecule has 0 amide bonds. The predicted octanol–water partition coefficient (Wildman–Crippen LogP) is 2.07. The summed E-state index contributed by atoms with van der Waals surface area (Å²) in [5, 5.41) is 6.16. The first-order valence-corrected chi connectivity index (χ1v) is 7.42. The zero-order valence-electron chi connectivity index (χ0n) is 10.3. The molecule has 8 heteroatoms. The molecule has 0 saturated carbocycles. The molecule has 1 N–H and O–H groups in total. The highest BCUT2D eigenvalue weighted by Crippen LogP contribution is 2.26. The quantitative estimate of drug-likeness (QED) is 0.843. The van der Waals surface area contributed by atoms with Gasteiger partial charge in [-0.3, -0.25) is 0 Å². The minimum Gasteiger partial charge on any atom is -0.389 e. The van der Waals surface area contributed by atoms with Crippen LogP contribution in [0, 0.1) is 11.6 Å². The van der Waals surface area contributed by atoms with Crippen molar-refractivity contribution in [3.63, 3.8) is 0 Å². The molecule has 1 aliphatic rings. The third-order valence-electron chi connectivity index (χ3n) is 2.68. The van der Waals surface area contributed by atoms with E-state index in [1.54, 1.807) is 20.8 Å². The van der Waals surface area contributed by atoms with Gasteiger partial charge < -0.3 is 9.36 Å². The maximum absolute atomic E-state index is 12.1. The lowest BCUT2D eigenvalue weighted by atomic mass is 10.1. The van der Waals surface area contributed by atoms with E-state index >= 15 is 0 Å². The topological polar surface area (TPSA) is 84.7 Å². The zero-order valence-corrected chi connectivity index (χ0v) is 11.9. The monoisotopic (exact) mass is 290 g/mol. The Morgan fingerprint density at radius 1 is 1.50 bits per heavy atom. The van der Waals surface area contributed by atoms with E-state index in [0.717, 1.165) is 0 Å². The fourth-order valence-electron chi connectivity index (χ4n) is 1.55. The van der Waals surface area contributed by atoms with Gasteiger partial charge in [-0.15, -0.1) is 0 Å². The summed E-state index contributed by atoms with van der Waals surface area (Å²) >= 11 is 4.94. The highest BCUT2D eigenvalue weighted by Gasteiger charge is 2.36. The summed E-state index contributed by atoms with van der Waals surface area (Å²) in [6.45, 7) is 5.28. The minimum atomic E-state index is -3.53. The predicted molar refractivity (Wildman–Crippen MR) is 68.5 cm³/mol. The van der Waals surface area contributed by atoms with E-state index in [1.807, 2.05) is 0 Å². The van der Waals surface area contributed by atoms with Crippen molar-refractivity contribution in [1.29, 1.82) is 0 Å². The van der Waals surface area contributed by atoms with Crippen molar-refractivity contribution in [3.8, 4) is 0 Å². The van der Waals surface area contributed by atoms with Gasteiger partial charge in [0.05, 0.1) is 0 Å². The van der Waals surface area contributed by atoms with E-state index in [1.165, 1.54) is 0 Å². The first-order valence-electron chi connectivity index (χ1n) is 5.36. The molecule has 0 aromatic carbocycles. The summed E-state index contributed by atoms with van der Waals surface area (Å²) in [6, 6.07) is 0. The summed E-state index contributed by atoms with van der Waals surface area (Å²) in [4.78, 5) is 5.06. The molecule has 1 aromatic heterocycles. The number of aromatic amines is 1. The smallest absolute Gasteiger partial charge is 0.202 e. The van der Waals surface area contributed by atoms with Gasteiger partial charge in [-0.25, -0.2) is 13.6 Å². The van der Waals surface area contributed by atoms with E-state index in [2.05, 4.69) is 10.3 Å². The lowest BCUT2D eigenvalue weighted by Gasteiger charge is -2.13. The van der Waals surface area contributed by atoms with E-state index < -0.39 is 15.4 Å². The summed E-state index contributed by atoms with van der Waals surface area (Å²) in [5.74, 6) is 0.0527. The van der Waals surface area contributed by atoms with Crippen LogP contribution in [0.1, 0.15) is 31.6 Å². The van der Waals surface area contributed by atoms with Crippen LogP contribution < -0.4 is 0 Å². The van der Waals surface area contributed by atoms with Crippen molar-refractivity contribution in [2.24, 2.45) is 5.16 Å². The molecule has 0 saturated heterocycles. The van der Waals surface area contributed by atoms with Crippen molar-refractivity contribution < 1.29 is 17.8 Å². The first kappa shape index (κ1) is 13.3. The van der Waals surface area contributed by atoms with Gasteiger partial charge >= 0.3 is 0 Å². The molecule has 0 atom stereocenters. The van der Waals surface area contributed by atoms with E-state index in [4.69, 9.17) is 21.6 Å². The molecular formula is C10H14N2O4S2. The Kier molecular flexibility index (Phi) is 3.10. The van der Waals surface area contributed by atoms with Gasteiger partial charge in [0.25, 0.3) is 0 Å². The average Bonchev–Trinajstić information content (AvgIpc) is 2.76. The minimum absolute atomic E-state index is 0.0502. The molecular weight excluding hydrogens is 276 g/mol. The van der Waals surface area contributed by atoms with Crippen LogP contribution >= 0.6 is 12.2 Å². The standard InChI is InChI=1S/C10H14N2O4S2/c1-6-7(15-12-9(6)17)5-18(13,14)8-4-10(2,3)16-11-8/h4-5H2,1-3H3,(H,12,17). The second-order valence-corrected chi connectivity index (χ2v) is 7.25. The van der Waals surface area contributed by atoms with Gasteiger partial charge in [-0.1, -0.05) is 17.4 Å². The van der Waals surface area contributed by atoms with Crippen molar-refractivity contribution >= 4 is 27.1 Å². The third kappa shape index (κ3) is 2.49. The van der Waals surface area contributed by atoms with Gasteiger partial charge in [0.1, 0.15) is 16.0 Å². The highest BCUT2D eigenvalue weighted by molar-refractivity contribution is 8.05. The van der Waals surface area contributed by atoms with Crippen molar-refractivity contribution in [2.45, 2.75) is 38.5 Å². The Morgan fingerprint density at radius 3 is 2.61 bits per heavy atom. The Bertz CT molecular complexity index is 652. The average molecular weight is 290 g/mol. The van der Waals surface area contributed by atoms with E-state index in [-0.39, 0.29) is 17.2 Å². The van der Waals surface area contributed by atoms with Crippen LogP contribution in [0.4, 0.5) is 0 Å². The number of rotatable bonds is 2. The first-order chi connectivity index (χ1) is 8.21. The van der Waals surface area contributed by atoms with Gasteiger partial charge in [0.2, 0.25) is 9.84 Å². The number of H-pyrrole nitrogens is 1. The maximum atomic E-state index is 12.1. The lowest BCUT2D eigenvalue weighted by molar-refractivity contribution is 0.0123. The second-order valence-electron chi connectivity index (χ2n) is 4.85. The van der Waals surface area contributed by atoms with Crippen molar-refractivity contribution in [1.82, 2.24) is 5.16 Å². The van der Waals surface area contributed by atoms with Crippen LogP contribution in [0.25, 0.3) is 0 Å². The number of hydrogen-bond donors (Lipinski definition) is 1. The molecule has 0 spiro atoms. The largest absolute Gasteiger partial charge is 0.389 e. The summed E-state index contributed by atoms with van der Waals surface area (Å²) in [5.41, 5.74) is 0.0583. The van der Waals surface area contributed by atoms with E-state index in [0.29, 0.717) is 16.0 Å². The molecule has 0 aliphatic carbocycles. The Hall–Kier alpha value is -1.15. The number of nitrogens with one attached hydrogen (secondary N) is 1. The zero-order chi connectivity index (χ0) is 13.6. The number of aromatic nitrogens is 1. The van der Waals surface area contributed by atoms with Gasteiger partial charge in [-0.05, 0) is 20.8 Å². The number of nitrogens with zero attached hydrogens (tertiary/aromatic N) is 1. The molecule has 0 unspecified atom stereocenters. The SMILES string of the molecule is Cc1c(CS(=O)(=O)C2=NOC(C)(C)C2)o[nH]c1=S. The molecule has 0 bridgehead atoms. The van der Waals surface area contributed by atoms with Crippen LogP contribution in [0.15, 0.2) is 9.68 Å². The number of hydrogen-bond acceptors (Lipinski definition) is 6. The van der Waals surface area contributed by atoms with Gasteiger partial charge in [0, 0.05) is 12.0 Å². The molecule has 18 heavy (non-hydrogen) atoms. The van der Waals surface area contributed by atoms with E-state index in [9.17, 15) is 8.42 Å². The summed E-state index contributed by atoms with van der Waals surface area (Å²) in [6.07, 6.45) is 0.263. The third-order valence-corrected chi connectivity index (χ3v) is 4.65. The van der Waals surface area contributed by atoms with Crippen LogP contribution in [0.5, 0.6) is 0 Å². The molecule has 0 radical (unpaired) electrons. The number of sulfone groups is 1. The van der Waals surface area contributed by atoms with Crippen molar-refractivity contribution in [2.75, 3.05) is 0 Å². The molecule has 1 aliphatic heterocycles. The second kappa shape index (κ2) is 4.20. The Labute approximate surface area is 110 Å². The molecule has 2 heterocycles. The molecule has 100 valence electrons. The van der Waals surface area contributed by atoms with Gasteiger partial charge in [-0.2, -0.15) is 0 Å². The fourth-order valence-corrected chi connectivity index (χ4v) is 3.21. The lowest BCUT2D eigenvalue weighted by Crippen LogP contribution is -2.23. The highest BCUT2D eigenvalue weighted by atomic mass is 32.2. The van der Waals surface area contributed by atoms with Crippen molar-refractivity contribution in [3.05, 3.63) is 16.0 Å². The van der Waals surface area contributed by atoms with Crippen LogP contribution in [-0.4, -0.2) is 24.2 Å². The summed E-state index contributed by atoms with van der Waals surface area (Å²) in [7, 11) is -3.53. The fraction of sp³-hybridized carbons (Fsp3) is 0.600. The van der Waals surface area contributed by atoms with Crippen LogP contribution in [0.3, 0.4) is 0 Å². The molecule has 0 fully saturated rings. The molecule has 6 nitrogen and oxygen atoms in total. The molecule has 2 rings (SSSR count). The Morgan fingerprint density at radius 2 is 2.17 bits per heavy atom.